The zero-order valence-electron chi connectivity index (χ0n) is 52.7. The Morgan fingerprint density at radius 2 is 0.928 bits per heavy atom. The smallest absolute Gasteiger partial charge is 0.691 e. The minimum absolute atomic E-state index is 0. The molecular formula is C65H123NaO16S. The van der Waals surface area contributed by atoms with Gasteiger partial charge in [-0.05, 0) is 43.9 Å². The van der Waals surface area contributed by atoms with Crippen LogP contribution >= 0.6 is 12.3 Å². The van der Waals surface area contributed by atoms with Gasteiger partial charge in [-0.1, -0.05) is 273 Å². The predicted molar refractivity (Wildman–Crippen MR) is 324 cm³/mol. The van der Waals surface area contributed by atoms with E-state index in [1.165, 1.54) is 199 Å². The number of hydrogen-bond donors (Lipinski definition) is 5. The van der Waals surface area contributed by atoms with Gasteiger partial charge in [-0.3, -0.25) is 14.0 Å². The van der Waals surface area contributed by atoms with Crippen molar-refractivity contribution in [3.8, 4) is 0 Å². The van der Waals surface area contributed by atoms with Crippen LogP contribution < -0.4 is 34.8 Å². The second kappa shape index (κ2) is 54.5. The van der Waals surface area contributed by atoms with Gasteiger partial charge < -0.3 is 54.5 Å². The number of allylic oxidation sites excluding steroid dienone is 1. The van der Waals surface area contributed by atoms with Crippen molar-refractivity contribution in [2.45, 2.75) is 361 Å². The number of carbonyl (C=O) groups excluding carboxylic acids is 2. The van der Waals surface area contributed by atoms with Crippen LogP contribution in [0.2, 0.25) is 0 Å². The monoisotopic (exact) mass is 1210 g/mol. The Labute approximate surface area is 531 Å². The zero-order valence-corrected chi connectivity index (χ0v) is 55.5. The minimum atomic E-state index is -1.79. The molecule has 0 aromatic carbocycles. The minimum Gasteiger partial charge on any atom is -0.691 e. The standard InChI is InChI=1S/C64H120O16S.CH4.Na/c1-7-9-11-13-15-17-19-21-23-24-25-26-27-28-29-31-33-35-37-39-41-43-55(67)75-61-59(57(69)54(48-66)74-64(61)77-63-60(78-81-80-79-72)58(70)56(68)53(47-65)73-63)76-62(71)52(6)46-51(5)45-50(4)44-49(3)42-40-38-36-34-32-30-22-20-18-16-14-12-10-8-2;;/h46,49-51,53-54,56-61,63-66,68-70,72H,7-45,47-48H2,1-6H3;1H4;/q;;+1/p-1/b52-46+;;/t49-,50-,51-,53?,54?,56?,57?,58?,59?,60?,61?,63?,64?;;/m0../s1. The molecular weight excluding hydrogens is 1090 g/mol. The van der Waals surface area contributed by atoms with Crippen molar-refractivity contribution in [3.63, 3.8) is 0 Å². The van der Waals surface area contributed by atoms with E-state index in [1.807, 2.05) is 13.0 Å². The van der Waals surface area contributed by atoms with Crippen molar-refractivity contribution in [2.24, 2.45) is 17.8 Å². The van der Waals surface area contributed by atoms with Crippen LogP contribution in [0.15, 0.2) is 11.6 Å². The fraction of sp³-hybridized carbons (Fsp3) is 0.938. The molecule has 0 aliphatic carbocycles. The van der Waals surface area contributed by atoms with Crippen LogP contribution in [0.1, 0.15) is 299 Å². The van der Waals surface area contributed by atoms with Gasteiger partial charge in [0.05, 0.1) is 13.2 Å². The maximum Gasteiger partial charge on any atom is 1.00 e. The molecule has 13 atom stereocenters. The molecule has 16 nitrogen and oxygen atoms in total. The van der Waals surface area contributed by atoms with Gasteiger partial charge in [-0.25, -0.2) is 4.79 Å². The van der Waals surface area contributed by atoms with Crippen LogP contribution in [0.5, 0.6) is 0 Å². The molecule has 5 N–H and O–H groups in total. The fourth-order valence-electron chi connectivity index (χ4n) is 11.8. The third kappa shape index (κ3) is 38.7. The molecule has 2 aliphatic heterocycles. The van der Waals surface area contributed by atoms with Crippen LogP contribution in [0.25, 0.3) is 0 Å². The topological polar surface area (TPSA) is 232 Å². The molecule has 0 radical (unpaired) electrons. The van der Waals surface area contributed by atoms with Crippen molar-refractivity contribution in [1.82, 2.24) is 0 Å². The second-order valence-electron chi connectivity index (χ2n) is 24.4. The number of ether oxygens (including phenoxy) is 5. The molecule has 2 aliphatic rings. The Kier molecular flexibility index (Phi) is 54.2. The molecule has 0 amide bonds. The molecule has 486 valence electrons. The first-order valence-corrected chi connectivity index (χ1v) is 33.6. The summed E-state index contributed by atoms with van der Waals surface area (Å²) in [5.41, 5.74) is 0.274. The summed E-state index contributed by atoms with van der Waals surface area (Å²) in [5.74, 6) is -0.457. The Hall–Kier alpha value is -0.450. The summed E-state index contributed by atoms with van der Waals surface area (Å²) in [5, 5.41) is 67.4. The van der Waals surface area contributed by atoms with E-state index in [9.17, 15) is 40.4 Å². The number of aliphatic hydroxyl groups excluding tert-OH is 5. The van der Waals surface area contributed by atoms with Gasteiger partial charge >= 0.3 is 41.5 Å². The van der Waals surface area contributed by atoms with Gasteiger partial charge in [0.2, 0.25) is 6.29 Å². The summed E-state index contributed by atoms with van der Waals surface area (Å²) < 4.78 is 39.3. The van der Waals surface area contributed by atoms with Crippen LogP contribution in [-0.2, 0) is 46.8 Å². The van der Waals surface area contributed by atoms with E-state index >= 15 is 0 Å². The summed E-state index contributed by atoms with van der Waals surface area (Å²) in [4.78, 5) is 27.6. The van der Waals surface area contributed by atoms with Crippen LogP contribution in [0, 0.1) is 17.8 Å². The first kappa shape index (κ1) is 82.6. The zero-order chi connectivity index (χ0) is 59.3. The average Bonchev–Trinajstić information content (AvgIpc) is 3.51. The summed E-state index contributed by atoms with van der Waals surface area (Å²) in [6.07, 6.45) is 33.3. The molecule has 0 spiro atoms. The van der Waals surface area contributed by atoms with E-state index in [-0.39, 0.29) is 67.2 Å². The Bertz CT molecular complexity index is 1540. The molecule has 2 heterocycles. The number of carbonyl (C=O) groups is 2. The number of aliphatic hydroxyl groups is 5. The number of rotatable bonds is 53. The number of hydrogen-bond acceptors (Lipinski definition) is 17. The fourth-order valence-corrected chi connectivity index (χ4v) is 12.1. The molecule has 2 rings (SSSR count). The molecule has 18 heteroatoms. The molecule has 10 unspecified atom stereocenters. The first-order valence-electron chi connectivity index (χ1n) is 32.9. The van der Waals surface area contributed by atoms with Gasteiger partial charge in [0.25, 0.3) is 0 Å². The summed E-state index contributed by atoms with van der Waals surface area (Å²) in [7, 11) is 0. The summed E-state index contributed by atoms with van der Waals surface area (Å²) in [6, 6.07) is 0. The van der Waals surface area contributed by atoms with Crippen molar-refractivity contribution >= 4 is 24.3 Å². The van der Waals surface area contributed by atoms with Crippen molar-refractivity contribution < 1.29 is 107 Å². The van der Waals surface area contributed by atoms with Gasteiger partial charge in [0.15, 0.2) is 36.9 Å². The third-order valence-corrected chi connectivity index (χ3v) is 17.0. The average molecular weight is 1220 g/mol. The molecule has 2 fully saturated rings. The van der Waals surface area contributed by atoms with Crippen LogP contribution in [0.4, 0.5) is 0 Å². The summed E-state index contributed by atoms with van der Waals surface area (Å²) >= 11 is 0.00511. The normalized spacial score (nSPS) is 23.9. The third-order valence-electron chi connectivity index (χ3n) is 16.6. The number of esters is 2. The van der Waals surface area contributed by atoms with E-state index in [0.717, 1.165) is 38.5 Å². The van der Waals surface area contributed by atoms with E-state index in [2.05, 4.69) is 37.1 Å². The molecule has 0 bridgehead atoms. The second-order valence-corrected chi connectivity index (χ2v) is 24.8. The Morgan fingerprint density at radius 1 is 0.530 bits per heavy atom. The van der Waals surface area contributed by atoms with E-state index in [0.29, 0.717) is 18.3 Å². The summed E-state index contributed by atoms with van der Waals surface area (Å²) in [6.45, 7) is 11.2. The largest absolute Gasteiger partial charge is 1.00 e. The molecule has 83 heavy (non-hydrogen) atoms. The Balaban J connectivity index is 0.0000336. The van der Waals surface area contributed by atoms with Crippen LogP contribution in [-0.4, -0.2) is 112 Å². The molecule has 2 saturated heterocycles. The van der Waals surface area contributed by atoms with Gasteiger partial charge in [0.1, 0.15) is 30.5 Å². The van der Waals surface area contributed by atoms with Gasteiger partial charge in [-0.2, -0.15) is 0 Å². The molecule has 0 aromatic rings. The van der Waals surface area contributed by atoms with Crippen molar-refractivity contribution in [1.29, 1.82) is 0 Å². The molecule has 0 saturated carbocycles. The van der Waals surface area contributed by atoms with Crippen molar-refractivity contribution in [2.75, 3.05) is 13.2 Å². The maximum atomic E-state index is 14.0. The quantitative estimate of drug-likeness (QED) is 0.00725. The van der Waals surface area contributed by atoms with E-state index in [1.54, 1.807) is 6.92 Å². The van der Waals surface area contributed by atoms with Crippen LogP contribution in [0.3, 0.4) is 0 Å². The van der Waals surface area contributed by atoms with Crippen molar-refractivity contribution in [3.05, 3.63) is 11.6 Å². The van der Waals surface area contributed by atoms with Gasteiger partial charge in [0, 0.05) is 12.0 Å². The first-order chi connectivity index (χ1) is 39.3. The molecule has 0 aromatic heterocycles. The maximum absolute atomic E-state index is 14.0. The predicted octanol–water partition coefficient (Wildman–Crippen LogP) is 11.3. The van der Waals surface area contributed by atoms with E-state index < -0.39 is 86.6 Å². The Morgan fingerprint density at radius 3 is 1.35 bits per heavy atom. The number of unbranched alkanes of at least 4 members (excludes halogenated alkanes) is 33. The SMILES string of the molecule is C.CCCCCCCCCCCCCCCCCCCCCCCC(=O)OC1C(OC2OC(CO)C(O)C(O)C2OSOO[O-])OC(CO)C(O)C1OC(=O)/C(C)=C/[C@@H](C)C[C@@H](C)C[C@@H](C)CCCCCCCCCCCCCCCC.[Na+]. The van der Waals surface area contributed by atoms with Gasteiger partial charge in [-0.15, -0.1) is 4.33 Å². The van der Waals surface area contributed by atoms with E-state index in [4.69, 9.17) is 27.9 Å².